The van der Waals surface area contributed by atoms with Crippen LogP contribution in [0.4, 0.5) is 0 Å². The number of amides is 1. The lowest BCUT2D eigenvalue weighted by Gasteiger charge is -2.42. The largest absolute Gasteiger partial charge is 0.497 e. The fourth-order valence-corrected chi connectivity index (χ4v) is 4.35. The van der Waals surface area contributed by atoms with E-state index in [2.05, 4.69) is 11.9 Å². The number of benzene rings is 1. The summed E-state index contributed by atoms with van der Waals surface area (Å²) < 4.78 is 5.22. The van der Waals surface area contributed by atoms with E-state index in [1.165, 1.54) is 25.8 Å². The first-order chi connectivity index (χ1) is 13.0. The highest BCUT2D eigenvalue weighted by Gasteiger charge is 2.32. The van der Waals surface area contributed by atoms with Crippen LogP contribution in [0.3, 0.4) is 0 Å². The summed E-state index contributed by atoms with van der Waals surface area (Å²) in [6.45, 7) is 2.60. The van der Waals surface area contributed by atoms with Crippen molar-refractivity contribution in [1.29, 1.82) is 0 Å². The Morgan fingerprint density at radius 3 is 2.48 bits per heavy atom. The highest BCUT2D eigenvalue weighted by atomic mass is 35.5. The van der Waals surface area contributed by atoms with Crippen molar-refractivity contribution in [2.24, 2.45) is 5.92 Å². The van der Waals surface area contributed by atoms with Crippen LogP contribution in [0, 0.1) is 5.92 Å². The molecule has 1 unspecified atom stereocenters. The van der Waals surface area contributed by atoms with Crippen molar-refractivity contribution in [3.63, 3.8) is 0 Å². The van der Waals surface area contributed by atoms with Gasteiger partial charge in [0.2, 0.25) is 0 Å². The van der Waals surface area contributed by atoms with Gasteiger partial charge in [-0.15, -0.1) is 0 Å². The molecular weight excluding hydrogens is 368 g/mol. The van der Waals surface area contributed by atoms with Crippen LogP contribution in [0.25, 0.3) is 0 Å². The number of carbonyl (C=O) groups is 2. The maximum absolute atomic E-state index is 12.8. The van der Waals surface area contributed by atoms with Gasteiger partial charge in [0.1, 0.15) is 5.75 Å². The van der Waals surface area contributed by atoms with Crippen LogP contribution in [0.15, 0.2) is 18.2 Å². The zero-order valence-corrected chi connectivity index (χ0v) is 16.8. The molecule has 0 bridgehead atoms. The summed E-state index contributed by atoms with van der Waals surface area (Å²) in [6, 6.07) is 5.95. The van der Waals surface area contributed by atoms with E-state index in [4.69, 9.17) is 26.2 Å². The first kappa shape index (κ1) is 21.5. The number of hydrogen-bond acceptors (Lipinski definition) is 4. The maximum atomic E-state index is 12.8. The average Bonchev–Trinajstić information content (AvgIpc) is 2.69. The summed E-state index contributed by atoms with van der Waals surface area (Å²) in [5.74, 6) is 1.40. The number of likely N-dealkylation sites (tertiary alicyclic amines) is 2. The monoisotopic (exact) mass is 396 g/mol. The molecule has 7 heteroatoms. The summed E-state index contributed by atoms with van der Waals surface area (Å²) in [6.07, 6.45) is 6.13. The minimum Gasteiger partial charge on any atom is -0.497 e. The Bertz CT molecular complexity index is 632. The van der Waals surface area contributed by atoms with Crippen LogP contribution < -0.4 is 4.74 Å². The summed E-state index contributed by atoms with van der Waals surface area (Å²) >= 11 is 6.23. The molecule has 1 atom stereocenters. The van der Waals surface area contributed by atoms with Crippen molar-refractivity contribution in [2.45, 2.75) is 38.1 Å². The number of methoxy groups -OCH3 is 1. The van der Waals surface area contributed by atoms with Gasteiger partial charge in [0, 0.05) is 19.1 Å². The summed E-state index contributed by atoms with van der Waals surface area (Å²) in [5.41, 5.74) is 0.546. The quantitative estimate of drug-likeness (QED) is 0.793. The van der Waals surface area contributed by atoms with E-state index in [0.29, 0.717) is 28.3 Å². The third-order valence-corrected chi connectivity index (χ3v) is 5.93. The van der Waals surface area contributed by atoms with Gasteiger partial charge in [-0.3, -0.25) is 9.59 Å². The van der Waals surface area contributed by atoms with E-state index in [0.717, 1.165) is 25.9 Å². The van der Waals surface area contributed by atoms with Gasteiger partial charge in [0.25, 0.3) is 12.4 Å². The molecule has 2 fully saturated rings. The zero-order valence-electron chi connectivity index (χ0n) is 16.1. The van der Waals surface area contributed by atoms with Gasteiger partial charge in [-0.2, -0.15) is 0 Å². The van der Waals surface area contributed by atoms with Gasteiger partial charge in [-0.05, 0) is 63.4 Å². The topological polar surface area (TPSA) is 70.1 Å². The molecule has 27 heavy (non-hydrogen) atoms. The molecule has 2 aliphatic heterocycles. The lowest BCUT2D eigenvalue weighted by molar-refractivity contribution is -0.122. The molecule has 1 amide bonds. The van der Waals surface area contributed by atoms with Gasteiger partial charge in [0.15, 0.2) is 0 Å². The number of piperidine rings is 2. The number of hydrogen-bond donors (Lipinski definition) is 1. The fourth-order valence-electron chi connectivity index (χ4n) is 4.15. The van der Waals surface area contributed by atoms with E-state index in [1.54, 1.807) is 25.3 Å². The molecule has 0 aromatic heterocycles. The van der Waals surface area contributed by atoms with E-state index in [9.17, 15) is 4.79 Å². The smallest absolute Gasteiger partial charge is 0.290 e. The van der Waals surface area contributed by atoms with Crippen molar-refractivity contribution in [1.82, 2.24) is 9.80 Å². The Morgan fingerprint density at radius 1 is 1.22 bits per heavy atom. The van der Waals surface area contributed by atoms with Crippen LogP contribution in [-0.2, 0) is 4.79 Å². The van der Waals surface area contributed by atoms with Gasteiger partial charge in [-0.25, -0.2) is 0 Å². The number of carboxylic acid groups (broad SMARTS) is 1. The van der Waals surface area contributed by atoms with Crippen LogP contribution in [-0.4, -0.2) is 67.1 Å². The normalized spacial score (nSPS) is 21.1. The summed E-state index contributed by atoms with van der Waals surface area (Å²) in [5, 5.41) is 7.38. The zero-order chi connectivity index (χ0) is 19.8. The second kappa shape index (κ2) is 10.5. The lowest BCUT2D eigenvalue weighted by atomic mass is 9.84. The Morgan fingerprint density at radius 2 is 1.89 bits per heavy atom. The average molecular weight is 397 g/mol. The first-order valence-electron chi connectivity index (χ1n) is 9.42. The minimum atomic E-state index is -0.250. The molecule has 6 nitrogen and oxygen atoms in total. The maximum Gasteiger partial charge on any atom is 0.290 e. The number of nitrogens with zero attached hydrogens (tertiary/aromatic N) is 2. The van der Waals surface area contributed by atoms with Gasteiger partial charge >= 0.3 is 0 Å². The van der Waals surface area contributed by atoms with Gasteiger partial charge in [0.05, 0.1) is 17.7 Å². The van der Waals surface area contributed by atoms with Crippen LogP contribution >= 0.6 is 11.6 Å². The van der Waals surface area contributed by atoms with Crippen molar-refractivity contribution in [3.05, 3.63) is 28.8 Å². The predicted octanol–water partition coefficient (Wildman–Crippen LogP) is 3.39. The molecule has 2 heterocycles. The molecule has 0 spiro atoms. The van der Waals surface area contributed by atoms with Crippen LogP contribution in [0.2, 0.25) is 5.02 Å². The SMILES string of the molecule is COc1ccc(Cl)c(C(=O)N2CCC(C3CCCCN3C)CC2)c1.O=CO. The van der Waals surface area contributed by atoms with E-state index < -0.39 is 0 Å². The van der Waals surface area contributed by atoms with Crippen molar-refractivity contribution >= 4 is 24.0 Å². The minimum absolute atomic E-state index is 0.0225. The Balaban J connectivity index is 0.000000817. The molecule has 0 saturated carbocycles. The standard InChI is InChI=1S/C19H27ClN2O2.CH2O2/c1-21-10-4-3-5-18(21)14-8-11-22(12-9-14)19(23)16-13-15(24-2)6-7-17(16)20;2-1-3/h6-7,13-14,18H,3-5,8-12H2,1-2H3;1H,(H,2,3). The van der Waals surface area contributed by atoms with E-state index in [-0.39, 0.29) is 12.4 Å². The highest BCUT2D eigenvalue weighted by Crippen LogP contribution is 2.31. The molecule has 2 saturated heterocycles. The number of rotatable bonds is 3. The molecule has 3 rings (SSSR count). The molecule has 1 N–H and O–H groups in total. The van der Waals surface area contributed by atoms with Gasteiger partial charge in [-0.1, -0.05) is 18.0 Å². The second-order valence-electron chi connectivity index (χ2n) is 7.12. The number of ether oxygens (including phenoxy) is 1. The van der Waals surface area contributed by atoms with E-state index >= 15 is 0 Å². The lowest BCUT2D eigenvalue weighted by Crippen LogP contribution is -2.47. The number of carbonyl (C=O) groups excluding carboxylic acids is 1. The molecule has 2 aliphatic rings. The molecular formula is C20H29ClN2O4. The summed E-state index contributed by atoms with van der Waals surface area (Å²) in [7, 11) is 3.85. The predicted molar refractivity (Wildman–Crippen MR) is 106 cm³/mol. The summed E-state index contributed by atoms with van der Waals surface area (Å²) in [4.78, 5) is 25.6. The van der Waals surface area contributed by atoms with Crippen molar-refractivity contribution in [3.8, 4) is 5.75 Å². The van der Waals surface area contributed by atoms with Crippen molar-refractivity contribution < 1.29 is 19.4 Å². The fraction of sp³-hybridized carbons (Fsp3) is 0.600. The third kappa shape index (κ3) is 5.59. The van der Waals surface area contributed by atoms with Crippen molar-refractivity contribution in [2.75, 3.05) is 33.8 Å². The van der Waals surface area contributed by atoms with Crippen LogP contribution in [0.1, 0.15) is 42.5 Å². The Labute approximate surface area is 166 Å². The van der Waals surface area contributed by atoms with E-state index in [1.807, 2.05) is 4.90 Å². The first-order valence-corrected chi connectivity index (χ1v) is 9.80. The molecule has 1 aromatic carbocycles. The number of halogens is 1. The van der Waals surface area contributed by atoms with Crippen LogP contribution in [0.5, 0.6) is 5.75 Å². The third-order valence-electron chi connectivity index (χ3n) is 5.60. The van der Waals surface area contributed by atoms with Gasteiger partial charge < -0.3 is 19.6 Å². The molecule has 150 valence electrons. The molecule has 0 aliphatic carbocycles. The second-order valence-corrected chi connectivity index (χ2v) is 7.53. The molecule has 0 radical (unpaired) electrons. The highest BCUT2D eigenvalue weighted by molar-refractivity contribution is 6.33. The Kier molecular flexibility index (Phi) is 8.38. The molecule has 1 aromatic rings. The Hall–Kier alpha value is -1.79.